The maximum Gasteiger partial charge on any atom is 0.512 e. The molecule has 6 rings (SSSR count). The molecule has 0 unspecified atom stereocenters. The van der Waals surface area contributed by atoms with Gasteiger partial charge in [0.25, 0.3) is 0 Å². The third-order valence-corrected chi connectivity index (χ3v) is 7.80. The molecule has 43 heavy (non-hydrogen) atoms. The average molecular weight is 572 g/mol. The van der Waals surface area contributed by atoms with Gasteiger partial charge in [-0.25, -0.2) is 4.79 Å². The molecule has 0 spiro atoms. The van der Waals surface area contributed by atoms with Crippen molar-refractivity contribution >= 4 is 27.8 Å². The summed E-state index contributed by atoms with van der Waals surface area (Å²) in [4.78, 5) is 21.0. The number of hydrogen-bond donors (Lipinski definition) is 1. The normalized spacial score (nSPS) is 11.2. The lowest BCUT2D eigenvalue weighted by atomic mass is 9.95. The molecular weight excluding hydrogens is 538 g/mol. The van der Waals surface area contributed by atoms with Crippen molar-refractivity contribution in [2.75, 3.05) is 6.61 Å². The first-order chi connectivity index (χ1) is 21.0. The van der Waals surface area contributed by atoms with Crippen LogP contribution in [0, 0.1) is 6.92 Å². The number of pyridine rings is 2. The zero-order valence-corrected chi connectivity index (χ0v) is 24.3. The Balaban J connectivity index is 1.44. The third-order valence-electron chi connectivity index (χ3n) is 7.80. The van der Waals surface area contributed by atoms with Gasteiger partial charge in [0, 0.05) is 51.7 Å². The number of ether oxygens (including phenoxy) is 2. The molecule has 3 heterocycles. The van der Waals surface area contributed by atoms with Crippen molar-refractivity contribution < 1.29 is 19.4 Å². The lowest BCUT2D eigenvalue weighted by Gasteiger charge is -2.15. The molecule has 7 nitrogen and oxygen atoms in total. The number of para-hydroxylation sites is 1. The summed E-state index contributed by atoms with van der Waals surface area (Å²) < 4.78 is 13.8. The molecule has 1 N–H and O–H groups in total. The fraction of sp³-hybridized carbons (Fsp3) is 0.194. The summed E-state index contributed by atoms with van der Waals surface area (Å²) in [5.74, 6) is 1.16. The van der Waals surface area contributed by atoms with Crippen LogP contribution in [0.5, 0.6) is 11.6 Å². The smallest absolute Gasteiger partial charge is 0.493 e. The minimum absolute atomic E-state index is 0.323. The van der Waals surface area contributed by atoms with E-state index < -0.39 is 6.16 Å². The van der Waals surface area contributed by atoms with Gasteiger partial charge >= 0.3 is 6.16 Å². The Morgan fingerprint density at radius 3 is 2.56 bits per heavy atom. The van der Waals surface area contributed by atoms with E-state index in [0.29, 0.717) is 31.9 Å². The Bertz CT molecular complexity index is 1910. The molecule has 6 aromatic rings. The van der Waals surface area contributed by atoms with Gasteiger partial charge in [0.05, 0.1) is 18.7 Å². The van der Waals surface area contributed by atoms with Gasteiger partial charge in [-0.3, -0.25) is 9.97 Å². The second-order valence-electron chi connectivity index (χ2n) is 10.5. The number of fused-ring (bicyclic) bond motifs is 2. The molecule has 0 aliphatic rings. The van der Waals surface area contributed by atoms with Gasteiger partial charge in [0.1, 0.15) is 5.75 Å². The van der Waals surface area contributed by atoms with Crippen molar-refractivity contribution in [3.8, 4) is 22.8 Å². The summed E-state index contributed by atoms with van der Waals surface area (Å²) in [6.45, 7) is 5.05. The predicted molar refractivity (Wildman–Crippen MR) is 169 cm³/mol. The monoisotopic (exact) mass is 571 g/mol. The van der Waals surface area contributed by atoms with E-state index in [1.54, 1.807) is 12.4 Å². The van der Waals surface area contributed by atoms with Crippen molar-refractivity contribution in [3.63, 3.8) is 0 Å². The highest BCUT2D eigenvalue weighted by molar-refractivity contribution is 6.00. The Morgan fingerprint density at radius 1 is 0.930 bits per heavy atom. The molecule has 0 atom stereocenters. The third kappa shape index (κ3) is 5.66. The number of nitrogens with zero attached hydrogens (tertiary/aromatic N) is 3. The Morgan fingerprint density at radius 2 is 1.74 bits per heavy atom. The van der Waals surface area contributed by atoms with Crippen molar-refractivity contribution in [2.24, 2.45) is 0 Å². The van der Waals surface area contributed by atoms with Crippen molar-refractivity contribution in [3.05, 3.63) is 120 Å². The quantitative estimate of drug-likeness (QED) is 0.132. The molecule has 216 valence electrons. The Labute approximate surface area is 250 Å². The molecule has 0 aliphatic carbocycles. The van der Waals surface area contributed by atoms with Gasteiger partial charge < -0.3 is 19.1 Å². The number of benzene rings is 3. The highest BCUT2D eigenvalue weighted by Gasteiger charge is 2.25. The van der Waals surface area contributed by atoms with Crippen LogP contribution in [0.3, 0.4) is 0 Å². The fourth-order valence-electron chi connectivity index (χ4n) is 5.93. The van der Waals surface area contributed by atoms with Crippen LogP contribution >= 0.6 is 0 Å². The van der Waals surface area contributed by atoms with Crippen LogP contribution in [0.25, 0.3) is 32.8 Å². The minimum atomic E-state index is -1.35. The summed E-state index contributed by atoms with van der Waals surface area (Å²) in [6, 6.07) is 26.2. The van der Waals surface area contributed by atoms with Crippen molar-refractivity contribution in [2.45, 2.75) is 39.7 Å². The first-order valence-electron chi connectivity index (χ1n) is 14.5. The summed E-state index contributed by atoms with van der Waals surface area (Å²) >= 11 is 0. The number of hydrogen-bond acceptors (Lipinski definition) is 5. The van der Waals surface area contributed by atoms with E-state index in [0.717, 1.165) is 67.4 Å². The highest BCUT2D eigenvalue weighted by Crippen LogP contribution is 2.41. The van der Waals surface area contributed by atoms with Crippen LogP contribution in [0.1, 0.15) is 35.7 Å². The topological polar surface area (TPSA) is 86.5 Å². The molecule has 0 aliphatic heterocycles. The lowest BCUT2D eigenvalue weighted by Crippen LogP contribution is -2.11. The molecular formula is C36H33N3O4. The molecule has 0 radical (unpaired) electrons. The van der Waals surface area contributed by atoms with E-state index in [9.17, 15) is 9.90 Å². The maximum atomic E-state index is 12.1. The lowest BCUT2D eigenvalue weighted by molar-refractivity contribution is 0.140. The average Bonchev–Trinajstić information content (AvgIpc) is 3.31. The van der Waals surface area contributed by atoms with Gasteiger partial charge in [-0.05, 0) is 60.9 Å². The number of aryl methyl sites for hydroxylation is 3. The van der Waals surface area contributed by atoms with Crippen molar-refractivity contribution in [1.29, 1.82) is 0 Å². The van der Waals surface area contributed by atoms with E-state index >= 15 is 0 Å². The highest BCUT2D eigenvalue weighted by atomic mass is 16.7. The molecule has 0 bridgehead atoms. The van der Waals surface area contributed by atoms with Crippen molar-refractivity contribution in [1.82, 2.24) is 14.5 Å². The SMILES string of the molecule is CCc1nccc(C)c1-c1cccc2c(CCCOc3cccc4ccccc34)c(OC(=O)O)n(Cc3cccnc3)c12. The molecule has 0 saturated heterocycles. The fourth-order valence-corrected chi connectivity index (χ4v) is 5.93. The molecule has 0 fully saturated rings. The number of carbonyl (C=O) groups is 1. The van der Waals surface area contributed by atoms with E-state index in [-0.39, 0.29) is 0 Å². The Hall–Kier alpha value is -5.17. The largest absolute Gasteiger partial charge is 0.512 e. The summed E-state index contributed by atoms with van der Waals surface area (Å²) in [6.07, 6.45) is 6.02. The van der Waals surface area contributed by atoms with E-state index in [1.807, 2.05) is 65.4 Å². The van der Waals surface area contributed by atoms with E-state index in [2.05, 4.69) is 48.1 Å². The van der Waals surface area contributed by atoms with Crippen LogP contribution in [-0.4, -0.2) is 32.4 Å². The van der Waals surface area contributed by atoms with Crippen LogP contribution in [0.4, 0.5) is 4.79 Å². The summed E-state index contributed by atoms with van der Waals surface area (Å²) in [5.41, 5.74) is 6.86. The zero-order valence-electron chi connectivity index (χ0n) is 24.3. The van der Waals surface area contributed by atoms with Crippen LogP contribution in [0.15, 0.2) is 97.5 Å². The van der Waals surface area contributed by atoms with Crippen LogP contribution in [0.2, 0.25) is 0 Å². The number of carboxylic acid groups (broad SMARTS) is 1. The van der Waals surface area contributed by atoms with Gasteiger partial charge in [-0.15, -0.1) is 0 Å². The molecule has 0 saturated carbocycles. The maximum absolute atomic E-state index is 12.1. The van der Waals surface area contributed by atoms with Gasteiger partial charge in [-0.2, -0.15) is 0 Å². The Kier molecular flexibility index (Phi) is 8.05. The van der Waals surface area contributed by atoms with Crippen LogP contribution in [-0.2, 0) is 19.4 Å². The second-order valence-corrected chi connectivity index (χ2v) is 10.5. The van der Waals surface area contributed by atoms with Crippen LogP contribution < -0.4 is 9.47 Å². The summed E-state index contributed by atoms with van der Waals surface area (Å²) in [5, 5.41) is 13.0. The number of rotatable bonds is 10. The predicted octanol–water partition coefficient (Wildman–Crippen LogP) is 8.24. The molecule has 7 heteroatoms. The molecule has 3 aromatic heterocycles. The minimum Gasteiger partial charge on any atom is -0.493 e. The van der Waals surface area contributed by atoms with Gasteiger partial charge in [-0.1, -0.05) is 67.6 Å². The van der Waals surface area contributed by atoms with E-state index in [4.69, 9.17) is 9.47 Å². The first kappa shape index (κ1) is 28.0. The first-order valence-corrected chi connectivity index (χ1v) is 14.5. The summed E-state index contributed by atoms with van der Waals surface area (Å²) in [7, 11) is 0. The van der Waals surface area contributed by atoms with E-state index in [1.165, 1.54) is 0 Å². The zero-order chi connectivity index (χ0) is 29.8. The molecule has 0 amide bonds. The van der Waals surface area contributed by atoms with Gasteiger partial charge in [0.2, 0.25) is 5.88 Å². The second kappa shape index (κ2) is 12.4. The van der Waals surface area contributed by atoms with Gasteiger partial charge in [0.15, 0.2) is 0 Å². The standard InChI is InChI=1S/C36H33N3O4/c1-3-31-33(24(2)18-20-38-31)30-15-7-14-28-29(16-9-21-42-32-17-6-12-26-11-4-5-13-27(26)32)35(43-36(40)41)39(34(28)30)23-25-10-8-19-37-22-25/h4-8,10-15,17-20,22H,3,9,16,21,23H2,1-2H3,(H,40,41). The molecule has 3 aromatic carbocycles. The number of aromatic nitrogens is 3.